The third-order valence-corrected chi connectivity index (χ3v) is 3.54. The Labute approximate surface area is 91.8 Å². The van der Waals surface area contributed by atoms with Crippen LogP contribution in [-0.4, -0.2) is 67.0 Å². The van der Waals surface area contributed by atoms with Gasteiger partial charge in [-0.25, -0.2) is 4.79 Å². The smallest absolute Gasteiger partial charge is 0.320 e. The van der Waals surface area contributed by atoms with Gasteiger partial charge in [-0.1, -0.05) is 0 Å². The molecule has 2 saturated heterocycles. The van der Waals surface area contributed by atoms with E-state index < -0.39 is 0 Å². The van der Waals surface area contributed by atoms with Crippen molar-refractivity contribution in [1.29, 1.82) is 0 Å². The van der Waals surface area contributed by atoms with E-state index in [1.807, 2.05) is 9.80 Å². The molecular formula is C11H21N3O. The van der Waals surface area contributed by atoms with E-state index in [4.69, 9.17) is 0 Å². The van der Waals surface area contributed by atoms with Crippen LogP contribution < -0.4 is 0 Å². The molecule has 2 amide bonds. The van der Waals surface area contributed by atoms with Gasteiger partial charge in [-0.05, 0) is 33.4 Å². The van der Waals surface area contributed by atoms with E-state index in [2.05, 4.69) is 19.0 Å². The number of likely N-dealkylation sites (tertiary alicyclic amines) is 2. The fraction of sp³-hybridized carbons (Fsp3) is 0.909. The Morgan fingerprint density at radius 1 is 1.13 bits per heavy atom. The Kier molecular flexibility index (Phi) is 3.14. The Balaban J connectivity index is 1.87. The summed E-state index contributed by atoms with van der Waals surface area (Å²) in [4.78, 5) is 18.3. The highest BCUT2D eigenvalue weighted by Gasteiger charge is 2.30. The average molecular weight is 211 g/mol. The van der Waals surface area contributed by atoms with Crippen LogP contribution in [0.15, 0.2) is 0 Å². The van der Waals surface area contributed by atoms with E-state index in [0.717, 1.165) is 32.6 Å². The molecule has 0 spiro atoms. The van der Waals surface area contributed by atoms with Crippen molar-refractivity contribution >= 4 is 6.03 Å². The fourth-order valence-electron chi connectivity index (χ4n) is 2.45. The minimum atomic E-state index is 0.261. The molecule has 0 saturated carbocycles. The van der Waals surface area contributed by atoms with Crippen LogP contribution in [-0.2, 0) is 0 Å². The molecule has 4 nitrogen and oxygen atoms in total. The molecule has 2 rings (SSSR count). The minimum absolute atomic E-state index is 0.261. The van der Waals surface area contributed by atoms with Gasteiger partial charge in [0.15, 0.2) is 0 Å². The number of likely N-dealkylation sites (N-methyl/N-ethyl adjacent to an activating group) is 1. The van der Waals surface area contributed by atoms with Crippen LogP contribution in [0.1, 0.15) is 19.3 Å². The maximum atomic E-state index is 12.0. The van der Waals surface area contributed by atoms with Gasteiger partial charge < -0.3 is 14.7 Å². The summed E-state index contributed by atoms with van der Waals surface area (Å²) in [7, 11) is 4.18. The molecule has 0 aromatic heterocycles. The lowest BCUT2D eigenvalue weighted by atomic mass is 10.2. The minimum Gasteiger partial charge on any atom is -0.325 e. The SMILES string of the molecule is CN(C)C1CCN(C(=O)N2CCCC2)C1. The van der Waals surface area contributed by atoms with E-state index in [1.54, 1.807) is 0 Å². The summed E-state index contributed by atoms with van der Waals surface area (Å²) >= 11 is 0. The quantitative estimate of drug-likeness (QED) is 0.642. The van der Waals surface area contributed by atoms with Crippen LogP contribution in [0.2, 0.25) is 0 Å². The zero-order chi connectivity index (χ0) is 10.8. The van der Waals surface area contributed by atoms with Crippen LogP contribution in [0.4, 0.5) is 4.79 Å². The van der Waals surface area contributed by atoms with E-state index in [1.165, 1.54) is 12.8 Å². The molecule has 2 heterocycles. The second-order valence-electron chi connectivity index (χ2n) is 4.83. The predicted molar refractivity (Wildman–Crippen MR) is 59.9 cm³/mol. The van der Waals surface area contributed by atoms with Crippen LogP contribution in [0.25, 0.3) is 0 Å². The number of carbonyl (C=O) groups is 1. The fourth-order valence-corrected chi connectivity index (χ4v) is 2.45. The number of urea groups is 1. The maximum Gasteiger partial charge on any atom is 0.320 e. The summed E-state index contributed by atoms with van der Waals surface area (Å²) in [5, 5.41) is 0. The Morgan fingerprint density at radius 2 is 1.80 bits per heavy atom. The van der Waals surface area contributed by atoms with Crippen LogP contribution in [0.5, 0.6) is 0 Å². The van der Waals surface area contributed by atoms with Crippen molar-refractivity contribution in [3.05, 3.63) is 0 Å². The Morgan fingerprint density at radius 3 is 2.33 bits per heavy atom. The molecule has 0 N–H and O–H groups in total. The van der Waals surface area contributed by atoms with Crippen molar-refractivity contribution in [2.45, 2.75) is 25.3 Å². The molecule has 15 heavy (non-hydrogen) atoms. The van der Waals surface area contributed by atoms with Crippen LogP contribution in [0.3, 0.4) is 0 Å². The van der Waals surface area contributed by atoms with Gasteiger partial charge in [-0.15, -0.1) is 0 Å². The molecule has 86 valence electrons. The molecular weight excluding hydrogens is 190 g/mol. The average Bonchev–Trinajstić information content (AvgIpc) is 2.88. The van der Waals surface area contributed by atoms with Crippen molar-refractivity contribution in [1.82, 2.24) is 14.7 Å². The first-order valence-electron chi connectivity index (χ1n) is 5.89. The standard InChI is InChI=1S/C11H21N3O/c1-12(2)10-5-8-14(9-10)11(15)13-6-3-4-7-13/h10H,3-9H2,1-2H3. The second kappa shape index (κ2) is 4.39. The topological polar surface area (TPSA) is 26.8 Å². The van der Waals surface area contributed by atoms with E-state index >= 15 is 0 Å². The highest BCUT2D eigenvalue weighted by molar-refractivity contribution is 5.75. The number of hydrogen-bond donors (Lipinski definition) is 0. The zero-order valence-corrected chi connectivity index (χ0v) is 9.78. The van der Waals surface area contributed by atoms with Crippen molar-refractivity contribution in [2.24, 2.45) is 0 Å². The predicted octanol–water partition coefficient (Wildman–Crippen LogP) is 0.838. The summed E-state index contributed by atoms with van der Waals surface area (Å²) in [5.74, 6) is 0. The van der Waals surface area contributed by atoms with Gasteiger partial charge in [0.05, 0.1) is 0 Å². The summed E-state index contributed by atoms with van der Waals surface area (Å²) in [5.41, 5.74) is 0. The lowest BCUT2D eigenvalue weighted by Gasteiger charge is -2.25. The molecule has 0 aromatic carbocycles. The van der Waals surface area contributed by atoms with Gasteiger partial charge in [-0.2, -0.15) is 0 Å². The number of hydrogen-bond acceptors (Lipinski definition) is 2. The molecule has 2 aliphatic heterocycles. The number of carbonyl (C=O) groups excluding carboxylic acids is 1. The van der Waals surface area contributed by atoms with Crippen LogP contribution >= 0.6 is 0 Å². The first-order chi connectivity index (χ1) is 7.18. The summed E-state index contributed by atoms with van der Waals surface area (Å²) in [6.45, 7) is 3.75. The van der Waals surface area contributed by atoms with Gasteiger partial charge in [0.1, 0.15) is 0 Å². The zero-order valence-electron chi connectivity index (χ0n) is 9.78. The van der Waals surface area contributed by atoms with Crippen molar-refractivity contribution in [3.63, 3.8) is 0 Å². The molecule has 0 radical (unpaired) electrons. The first kappa shape index (κ1) is 10.7. The molecule has 1 atom stereocenters. The molecule has 2 aliphatic rings. The molecule has 0 aliphatic carbocycles. The third kappa shape index (κ3) is 2.25. The third-order valence-electron chi connectivity index (χ3n) is 3.54. The first-order valence-corrected chi connectivity index (χ1v) is 5.89. The van der Waals surface area contributed by atoms with Gasteiger partial charge in [0.2, 0.25) is 0 Å². The molecule has 0 aromatic rings. The van der Waals surface area contributed by atoms with Gasteiger partial charge >= 0.3 is 6.03 Å². The summed E-state index contributed by atoms with van der Waals surface area (Å²) in [6, 6.07) is 0.813. The van der Waals surface area contributed by atoms with E-state index in [-0.39, 0.29) is 6.03 Å². The molecule has 0 bridgehead atoms. The largest absolute Gasteiger partial charge is 0.325 e. The summed E-state index contributed by atoms with van der Waals surface area (Å²) < 4.78 is 0. The van der Waals surface area contributed by atoms with Crippen molar-refractivity contribution in [3.8, 4) is 0 Å². The highest BCUT2D eigenvalue weighted by atomic mass is 16.2. The van der Waals surface area contributed by atoms with E-state index in [9.17, 15) is 4.79 Å². The van der Waals surface area contributed by atoms with E-state index in [0.29, 0.717) is 6.04 Å². The number of nitrogens with zero attached hydrogens (tertiary/aromatic N) is 3. The summed E-state index contributed by atoms with van der Waals surface area (Å²) in [6.07, 6.45) is 3.47. The second-order valence-corrected chi connectivity index (χ2v) is 4.83. The highest BCUT2D eigenvalue weighted by Crippen LogP contribution is 2.17. The van der Waals surface area contributed by atoms with Gasteiger partial charge in [0.25, 0.3) is 0 Å². The van der Waals surface area contributed by atoms with Crippen molar-refractivity contribution in [2.75, 3.05) is 40.3 Å². The normalized spacial score (nSPS) is 26.7. The lowest BCUT2D eigenvalue weighted by molar-refractivity contribution is 0.169. The van der Waals surface area contributed by atoms with Gasteiger partial charge in [0, 0.05) is 32.2 Å². The number of rotatable bonds is 1. The Hall–Kier alpha value is -0.770. The lowest BCUT2D eigenvalue weighted by Crippen LogP contribution is -2.42. The van der Waals surface area contributed by atoms with Gasteiger partial charge in [-0.3, -0.25) is 0 Å². The number of amides is 2. The monoisotopic (exact) mass is 211 g/mol. The van der Waals surface area contributed by atoms with Crippen molar-refractivity contribution < 1.29 is 4.79 Å². The molecule has 1 unspecified atom stereocenters. The molecule has 4 heteroatoms. The molecule has 2 fully saturated rings. The maximum absolute atomic E-state index is 12.0. The van der Waals surface area contributed by atoms with Crippen LogP contribution in [0, 0.1) is 0 Å². The Bertz CT molecular complexity index is 236.